The van der Waals surface area contributed by atoms with Gasteiger partial charge in [0.25, 0.3) is 5.91 Å². The largest absolute Gasteiger partial charge is 0.507 e. The molecular formula is C20H23N3O3. The number of amides is 2. The molecule has 0 unspecified atom stereocenters. The molecule has 0 aliphatic rings. The molecule has 26 heavy (non-hydrogen) atoms. The van der Waals surface area contributed by atoms with Gasteiger partial charge in [0.2, 0.25) is 5.91 Å². The second-order valence-corrected chi connectivity index (χ2v) is 5.84. The van der Waals surface area contributed by atoms with Crippen molar-refractivity contribution in [1.29, 1.82) is 0 Å². The fourth-order valence-corrected chi connectivity index (χ4v) is 2.29. The summed E-state index contributed by atoms with van der Waals surface area (Å²) in [6, 6.07) is 13.3. The van der Waals surface area contributed by atoms with E-state index < -0.39 is 0 Å². The predicted octanol–water partition coefficient (Wildman–Crippen LogP) is 3.67. The number of phenols is 1. The lowest BCUT2D eigenvalue weighted by atomic mass is 10.1. The summed E-state index contributed by atoms with van der Waals surface area (Å²) >= 11 is 0. The van der Waals surface area contributed by atoms with E-state index in [1.54, 1.807) is 48.5 Å². The number of carbonyl (C=O) groups is 2. The van der Waals surface area contributed by atoms with Crippen molar-refractivity contribution in [1.82, 2.24) is 5.43 Å². The van der Waals surface area contributed by atoms with Crippen molar-refractivity contribution >= 4 is 23.7 Å². The lowest BCUT2D eigenvalue weighted by molar-refractivity contribution is -0.116. The van der Waals surface area contributed by atoms with Crippen LogP contribution in [0.25, 0.3) is 0 Å². The molecule has 3 N–H and O–H groups in total. The number of nitrogens with one attached hydrogen (secondary N) is 2. The number of phenolic OH excluding ortho intramolecular Hbond substituents is 1. The summed E-state index contributed by atoms with van der Waals surface area (Å²) in [6.45, 7) is 2.09. The number of hydrogen-bond donors (Lipinski definition) is 3. The molecular weight excluding hydrogens is 330 g/mol. The monoisotopic (exact) mass is 353 g/mol. The highest BCUT2D eigenvalue weighted by atomic mass is 16.3. The Labute approximate surface area is 152 Å². The Balaban J connectivity index is 1.86. The number of benzene rings is 2. The number of carbonyl (C=O) groups excluding carboxylic acids is 2. The summed E-state index contributed by atoms with van der Waals surface area (Å²) in [5.74, 6) is -0.315. The number of nitrogens with zero attached hydrogens (tertiary/aromatic N) is 1. The van der Waals surface area contributed by atoms with Gasteiger partial charge < -0.3 is 10.4 Å². The molecule has 0 bridgehead atoms. The highest BCUT2D eigenvalue weighted by Gasteiger charge is 2.06. The Bertz CT molecular complexity index is 770. The molecule has 6 heteroatoms. The average molecular weight is 353 g/mol. The number of rotatable bonds is 8. The fraction of sp³-hybridized carbons (Fsp3) is 0.250. The molecule has 0 fully saturated rings. The first-order valence-corrected chi connectivity index (χ1v) is 8.61. The van der Waals surface area contributed by atoms with Crippen molar-refractivity contribution in [3.05, 3.63) is 59.7 Å². The van der Waals surface area contributed by atoms with Crippen LogP contribution in [-0.4, -0.2) is 23.1 Å². The maximum atomic E-state index is 12.1. The topological polar surface area (TPSA) is 90.8 Å². The van der Waals surface area contributed by atoms with Gasteiger partial charge in [0, 0.05) is 23.2 Å². The normalized spacial score (nSPS) is 10.7. The maximum absolute atomic E-state index is 12.1. The molecule has 0 aliphatic carbocycles. The zero-order valence-corrected chi connectivity index (χ0v) is 14.7. The minimum absolute atomic E-state index is 0.0251. The Morgan fingerprint density at radius 3 is 2.50 bits per heavy atom. The molecule has 0 aromatic heterocycles. The van der Waals surface area contributed by atoms with E-state index in [4.69, 9.17) is 0 Å². The van der Waals surface area contributed by atoms with Gasteiger partial charge in [-0.3, -0.25) is 9.59 Å². The van der Waals surface area contributed by atoms with E-state index in [1.807, 2.05) is 0 Å². The molecule has 0 spiro atoms. The van der Waals surface area contributed by atoms with Gasteiger partial charge in [-0.05, 0) is 42.8 Å². The Kier molecular flexibility index (Phi) is 7.36. The SMILES string of the molecule is CCCCCC(=O)Nc1ccc(C(=O)NN=Cc2ccccc2O)cc1. The van der Waals surface area contributed by atoms with E-state index in [0.29, 0.717) is 23.2 Å². The number of hydrazone groups is 1. The average Bonchev–Trinajstić information content (AvgIpc) is 2.64. The first kappa shape index (κ1) is 19.2. The van der Waals surface area contributed by atoms with Crippen molar-refractivity contribution in [2.45, 2.75) is 32.6 Å². The first-order valence-electron chi connectivity index (χ1n) is 8.61. The molecule has 0 saturated heterocycles. The first-order chi connectivity index (χ1) is 12.6. The van der Waals surface area contributed by atoms with Gasteiger partial charge in [0.05, 0.1) is 6.21 Å². The zero-order chi connectivity index (χ0) is 18.8. The van der Waals surface area contributed by atoms with Crippen molar-refractivity contribution in [3.8, 4) is 5.75 Å². The number of aromatic hydroxyl groups is 1. The Morgan fingerprint density at radius 2 is 1.81 bits per heavy atom. The van der Waals surface area contributed by atoms with Crippen LogP contribution in [0.15, 0.2) is 53.6 Å². The quantitative estimate of drug-likeness (QED) is 0.384. The van der Waals surface area contributed by atoms with Crippen molar-refractivity contribution in [2.24, 2.45) is 5.10 Å². The number of hydrogen-bond acceptors (Lipinski definition) is 4. The van der Waals surface area contributed by atoms with Crippen LogP contribution in [0.4, 0.5) is 5.69 Å². The molecule has 0 radical (unpaired) electrons. The third-order valence-corrected chi connectivity index (χ3v) is 3.74. The molecule has 0 heterocycles. The van der Waals surface area contributed by atoms with Gasteiger partial charge in [0.1, 0.15) is 5.75 Å². The van der Waals surface area contributed by atoms with Crippen LogP contribution in [-0.2, 0) is 4.79 Å². The zero-order valence-electron chi connectivity index (χ0n) is 14.7. The van der Waals surface area contributed by atoms with Gasteiger partial charge in [-0.1, -0.05) is 31.9 Å². The van der Waals surface area contributed by atoms with Crippen LogP contribution in [0.2, 0.25) is 0 Å². The van der Waals surface area contributed by atoms with Crippen LogP contribution >= 0.6 is 0 Å². The summed E-state index contributed by atoms with van der Waals surface area (Å²) in [6.07, 6.45) is 4.85. The number of unbranched alkanes of at least 4 members (excludes halogenated alkanes) is 2. The molecule has 0 aliphatic heterocycles. The minimum Gasteiger partial charge on any atom is -0.507 e. The lowest BCUT2D eigenvalue weighted by Gasteiger charge is -2.06. The van der Waals surface area contributed by atoms with E-state index in [9.17, 15) is 14.7 Å². The summed E-state index contributed by atoms with van der Waals surface area (Å²) < 4.78 is 0. The molecule has 2 aromatic carbocycles. The van der Waals surface area contributed by atoms with Crippen molar-refractivity contribution in [3.63, 3.8) is 0 Å². The summed E-state index contributed by atoms with van der Waals surface area (Å²) in [7, 11) is 0. The number of anilines is 1. The summed E-state index contributed by atoms with van der Waals surface area (Å²) in [5, 5.41) is 16.3. The third kappa shape index (κ3) is 6.05. The van der Waals surface area contributed by atoms with E-state index >= 15 is 0 Å². The summed E-state index contributed by atoms with van der Waals surface area (Å²) in [4.78, 5) is 23.8. The Morgan fingerprint density at radius 1 is 1.08 bits per heavy atom. The molecule has 2 rings (SSSR count). The second kappa shape index (κ2) is 9.98. The van der Waals surface area contributed by atoms with E-state index in [1.165, 1.54) is 6.21 Å². The van der Waals surface area contributed by atoms with Gasteiger partial charge >= 0.3 is 0 Å². The van der Waals surface area contributed by atoms with E-state index in [2.05, 4.69) is 22.8 Å². The van der Waals surface area contributed by atoms with Gasteiger partial charge in [-0.15, -0.1) is 0 Å². The molecule has 6 nitrogen and oxygen atoms in total. The fourth-order valence-electron chi connectivity index (χ4n) is 2.29. The van der Waals surface area contributed by atoms with Crippen LogP contribution in [0, 0.1) is 0 Å². The lowest BCUT2D eigenvalue weighted by Crippen LogP contribution is -2.17. The number of para-hydroxylation sites is 1. The maximum Gasteiger partial charge on any atom is 0.271 e. The van der Waals surface area contributed by atoms with Crippen LogP contribution in [0.1, 0.15) is 48.5 Å². The van der Waals surface area contributed by atoms with Crippen LogP contribution in [0.5, 0.6) is 5.75 Å². The molecule has 2 amide bonds. The standard InChI is InChI=1S/C20H23N3O3/c1-2-3-4-9-19(25)22-17-12-10-15(11-13-17)20(26)23-21-14-16-7-5-6-8-18(16)24/h5-8,10-14,24H,2-4,9H2,1H3,(H,22,25)(H,23,26). The van der Waals surface area contributed by atoms with E-state index in [-0.39, 0.29) is 17.6 Å². The van der Waals surface area contributed by atoms with Crippen molar-refractivity contribution in [2.75, 3.05) is 5.32 Å². The molecule has 0 saturated carbocycles. The van der Waals surface area contributed by atoms with Crippen molar-refractivity contribution < 1.29 is 14.7 Å². The van der Waals surface area contributed by atoms with Gasteiger partial charge in [-0.2, -0.15) is 5.10 Å². The second-order valence-electron chi connectivity index (χ2n) is 5.84. The molecule has 0 atom stereocenters. The van der Waals surface area contributed by atoms with Gasteiger partial charge in [-0.25, -0.2) is 5.43 Å². The highest BCUT2D eigenvalue weighted by Crippen LogP contribution is 2.13. The highest BCUT2D eigenvalue weighted by molar-refractivity contribution is 5.96. The smallest absolute Gasteiger partial charge is 0.271 e. The van der Waals surface area contributed by atoms with Gasteiger partial charge in [0.15, 0.2) is 0 Å². The van der Waals surface area contributed by atoms with E-state index in [0.717, 1.165) is 19.3 Å². The third-order valence-electron chi connectivity index (χ3n) is 3.74. The minimum atomic E-state index is -0.377. The summed E-state index contributed by atoms with van der Waals surface area (Å²) in [5.41, 5.74) is 3.98. The molecule has 2 aromatic rings. The van der Waals surface area contributed by atoms with Crippen LogP contribution < -0.4 is 10.7 Å². The van der Waals surface area contributed by atoms with Crippen LogP contribution in [0.3, 0.4) is 0 Å². The predicted molar refractivity (Wildman–Crippen MR) is 102 cm³/mol. The molecule has 136 valence electrons. The Hall–Kier alpha value is -3.15.